The van der Waals surface area contributed by atoms with E-state index in [-0.39, 0.29) is 12.0 Å². The lowest BCUT2D eigenvalue weighted by Crippen LogP contribution is -2.35. The smallest absolute Gasteiger partial charge is 0.259 e. The Morgan fingerprint density at radius 1 is 1.25 bits per heavy atom. The quantitative estimate of drug-likeness (QED) is 0.871. The highest BCUT2D eigenvalue weighted by molar-refractivity contribution is 6.06. The Balaban J connectivity index is 1.50. The van der Waals surface area contributed by atoms with Crippen LogP contribution < -0.4 is 9.64 Å². The largest absolute Gasteiger partial charge is 0.472 e. The fraction of sp³-hybridized carbons (Fsp3) is 0.368. The summed E-state index contributed by atoms with van der Waals surface area (Å²) in [6.45, 7) is 2.08. The van der Waals surface area contributed by atoms with Gasteiger partial charge in [0.25, 0.3) is 5.91 Å². The summed E-state index contributed by atoms with van der Waals surface area (Å²) in [5.74, 6) is 0.534. The van der Waals surface area contributed by atoms with Crippen LogP contribution in [0, 0.1) is 0 Å². The monoisotopic (exact) mass is 324 g/mol. The second kappa shape index (κ2) is 6.61. The Hall–Kier alpha value is -2.40. The molecular weight excluding hydrogens is 304 g/mol. The third-order valence-electron chi connectivity index (χ3n) is 4.51. The lowest BCUT2D eigenvalue weighted by Gasteiger charge is -2.29. The molecule has 1 saturated heterocycles. The average molecular weight is 324 g/mol. The van der Waals surface area contributed by atoms with Crippen molar-refractivity contribution in [3.63, 3.8) is 0 Å². The van der Waals surface area contributed by atoms with Crippen LogP contribution in [0.25, 0.3) is 0 Å². The number of ether oxygens (including phenoxy) is 2. The lowest BCUT2D eigenvalue weighted by molar-refractivity contribution is 0.0984. The number of para-hydroxylation sites is 1. The van der Waals surface area contributed by atoms with E-state index < -0.39 is 0 Å². The van der Waals surface area contributed by atoms with Gasteiger partial charge in [-0.3, -0.25) is 4.79 Å². The second-order valence-electron chi connectivity index (χ2n) is 6.18. The Morgan fingerprint density at radius 3 is 2.96 bits per heavy atom. The number of anilines is 1. The van der Waals surface area contributed by atoms with E-state index in [1.807, 2.05) is 23.1 Å². The van der Waals surface area contributed by atoms with E-state index in [0.717, 1.165) is 38.1 Å². The fourth-order valence-corrected chi connectivity index (χ4v) is 3.25. The van der Waals surface area contributed by atoms with Crippen molar-refractivity contribution >= 4 is 11.6 Å². The van der Waals surface area contributed by atoms with Crippen molar-refractivity contribution < 1.29 is 14.3 Å². The van der Waals surface area contributed by atoms with Crippen molar-refractivity contribution in [1.82, 2.24) is 4.98 Å². The van der Waals surface area contributed by atoms with Crippen LogP contribution in [-0.2, 0) is 11.2 Å². The minimum absolute atomic E-state index is 0.00889. The van der Waals surface area contributed by atoms with Gasteiger partial charge in [-0.05, 0) is 30.5 Å². The van der Waals surface area contributed by atoms with E-state index >= 15 is 0 Å². The topological polar surface area (TPSA) is 51.7 Å². The summed E-state index contributed by atoms with van der Waals surface area (Å²) in [4.78, 5) is 19.0. The van der Waals surface area contributed by atoms with Crippen LogP contribution in [-0.4, -0.2) is 36.8 Å². The third kappa shape index (κ3) is 2.99. The molecule has 1 aromatic heterocycles. The summed E-state index contributed by atoms with van der Waals surface area (Å²) in [6.07, 6.45) is 4.55. The molecule has 24 heavy (non-hydrogen) atoms. The number of amides is 1. The molecule has 1 amide bonds. The zero-order chi connectivity index (χ0) is 16.4. The summed E-state index contributed by atoms with van der Waals surface area (Å²) < 4.78 is 11.0. The van der Waals surface area contributed by atoms with E-state index in [1.165, 1.54) is 5.56 Å². The number of carbonyl (C=O) groups excluding carboxylic acids is 1. The zero-order valence-corrected chi connectivity index (χ0v) is 13.5. The average Bonchev–Trinajstić information content (AvgIpc) is 3.14. The van der Waals surface area contributed by atoms with Crippen molar-refractivity contribution in [2.45, 2.75) is 25.4 Å². The molecule has 3 heterocycles. The highest BCUT2D eigenvalue weighted by Gasteiger charge is 2.24. The molecule has 5 nitrogen and oxygen atoms in total. The summed E-state index contributed by atoms with van der Waals surface area (Å²) in [7, 11) is 0. The Labute approximate surface area is 141 Å². The maximum Gasteiger partial charge on any atom is 0.259 e. The number of hydrogen-bond donors (Lipinski definition) is 0. The van der Waals surface area contributed by atoms with Crippen molar-refractivity contribution in [1.29, 1.82) is 0 Å². The molecule has 5 heteroatoms. The number of fused-ring (bicyclic) bond motifs is 1. The Bertz CT molecular complexity index is 724. The van der Waals surface area contributed by atoms with Crippen molar-refractivity contribution in [3.8, 4) is 5.88 Å². The van der Waals surface area contributed by atoms with Crippen LogP contribution in [0.5, 0.6) is 5.88 Å². The lowest BCUT2D eigenvalue weighted by atomic mass is 10.0. The van der Waals surface area contributed by atoms with Gasteiger partial charge in [-0.15, -0.1) is 0 Å². The van der Waals surface area contributed by atoms with E-state index in [0.29, 0.717) is 18.1 Å². The number of aromatic nitrogens is 1. The molecule has 2 aliphatic rings. The first-order chi connectivity index (χ1) is 11.8. The molecule has 0 aliphatic carbocycles. The van der Waals surface area contributed by atoms with Crippen molar-refractivity contribution in [3.05, 3.63) is 53.7 Å². The SMILES string of the molecule is O=C(c1ccc(OC2CCOC2)nc1)N1CCCc2ccccc21. The normalized spacial score (nSPS) is 19.8. The van der Waals surface area contributed by atoms with E-state index in [4.69, 9.17) is 9.47 Å². The van der Waals surface area contributed by atoms with Gasteiger partial charge in [0.15, 0.2) is 0 Å². The maximum atomic E-state index is 12.8. The summed E-state index contributed by atoms with van der Waals surface area (Å²) in [5, 5.41) is 0. The van der Waals surface area contributed by atoms with Gasteiger partial charge in [0.2, 0.25) is 5.88 Å². The predicted octanol–water partition coefficient (Wildman–Crippen LogP) is 2.84. The minimum Gasteiger partial charge on any atom is -0.472 e. The van der Waals surface area contributed by atoms with E-state index in [1.54, 1.807) is 18.3 Å². The first kappa shape index (κ1) is 15.1. The number of nitrogens with zero attached hydrogens (tertiary/aromatic N) is 2. The first-order valence-corrected chi connectivity index (χ1v) is 8.41. The van der Waals surface area contributed by atoms with E-state index in [2.05, 4.69) is 11.1 Å². The molecule has 0 saturated carbocycles. The van der Waals surface area contributed by atoms with E-state index in [9.17, 15) is 4.79 Å². The molecule has 1 atom stereocenters. The molecule has 0 spiro atoms. The number of rotatable bonds is 3. The van der Waals surface area contributed by atoms with Crippen molar-refractivity contribution in [2.75, 3.05) is 24.7 Å². The highest BCUT2D eigenvalue weighted by atomic mass is 16.5. The zero-order valence-electron chi connectivity index (χ0n) is 13.5. The number of carbonyl (C=O) groups is 1. The molecule has 1 fully saturated rings. The van der Waals surface area contributed by atoms with Gasteiger partial charge >= 0.3 is 0 Å². The fourth-order valence-electron chi connectivity index (χ4n) is 3.25. The third-order valence-corrected chi connectivity index (χ3v) is 4.51. The summed E-state index contributed by atoms with van der Waals surface area (Å²) >= 11 is 0. The maximum absolute atomic E-state index is 12.8. The van der Waals surface area contributed by atoms with Gasteiger partial charge in [-0.25, -0.2) is 4.98 Å². The van der Waals surface area contributed by atoms with Crippen LogP contribution in [0.4, 0.5) is 5.69 Å². The van der Waals surface area contributed by atoms with Gasteiger partial charge in [-0.2, -0.15) is 0 Å². The molecule has 2 aliphatic heterocycles. The van der Waals surface area contributed by atoms with Gasteiger partial charge in [0.05, 0.1) is 18.8 Å². The summed E-state index contributed by atoms with van der Waals surface area (Å²) in [5.41, 5.74) is 2.82. The van der Waals surface area contributed by atoms with Crippen LogP contribution in [0.1, 0.15) is 28.8 Å². The van der Waals surface area contributed by atoms with Gasteiger partial charge in [0, 0.05) is 30.9 Å². The molecule has 4 rings (SSSR count). The molecule has 0 N–H and O–H groups in total. The predicted molar refractivity (Wildman–Crippen MR) is 90.5 cm³/mol. The number of benzene rings is 1. The number of hydrogen-bond acceptors (Lipinski definition) is 4. The van der Waals surface area contributed by atoms with Crippen LogP contribution in [0.3, 0.4) is 0 Å². The summed E-state index contributed by atoms with van der Waals surface area (Å²) in [6, 6.07) is 11.7. The Kier molecular flexibility index (Phi) is 4.17. The standard InChI is InChI=1S/C19H20N2O3/c22-19(21-10-3-5-14-4-1-2-6-17(14)21)15-7-8-18(20-12-15)24-16-9-11-23-13-16/h1-2,4,6-8,12,16H,3,5,9-11,13H2. The van der Waals surface area contributed by atoms with Gasteiger partial charge < -0.3 is 14.4 Å². The van der Waals surface area contributed by atoms with Crippen LogP contribution in [0.15, 0.2) is 42.6 Å². The van der Waals surface area contributed by atoms with Gasteiger partial charge in [0.1, 0.15) is 6.10 Å². The molecule has 124 valence electrons. The van der Waals surface area contributed by atoms with Gasteiger partial charge in [-0.1, -0.05) is 18.2 Å². The first-order valence-electron chi connectivity index (χ1n) is 8.41. The van der Waals surface area contributed by atoms with Crippen molar-refractivity contribution in [2.24, 2.45) is 0 Å². The van der Waals surface area contributed by atoms with Crippen LogP contribution in [0.2, 0.25) is 0 Å². The molecular formula is C19H20N2O3. The highest BCUT2D eigenvalue weighted by Crippen LogP contribution is 2.28. The molecule has 0 radical (unpaired) electrons. The molecule has 1 aromatic carbocycles. The second-order valence-corrected chi connectivity index (χ2v) is 6.18. The number of pyridine rings is 1. The molecule has 1 unspecified atom stereocenters. The number of aryl methyl sites for hydroxylation is 1. The Morgan fingerprint density at radius 2 is 2.17 bits per heavy atom. The minimum atomic E-state index is -0.00889. The van der Waals surface area contributed by atoms with Crippen LogP contribution >= 0.6 is 0 Å². The molecule has 0 bridgehead atoms. The molecule has 2 aromatic rings.